The van der Waals surface area contributed by atoms with Crippen molar-refractivity contribution in [2.75, 3.05) is 0 Å². The molecule has 1 aliphatic rings. The first-order valence-electron chi connectivity index (χ1n) is 4.79. The molecule has 0 radical (unpaired) electrons. The van der Waals surface area contributed by atoms with Crippen molar-refractivity contribution in [3.05, 3.63) is 0 Å². The van der Waals surface area contributed by atoms with Crippen LogP contribution >= 0.6 is 0 Å². The van der Waals surface area contributed by atoms with Crippen molar-refractivity contribution in [1.29, 1.82) is 0 Å². The molecule has 84 valence electrons. The lowest BCUT2D eigenvalue weighted by Crippen LogP contribution is -2.34. The van der Waals surface area contributed by atoms with E-state index in [4.69, 9.17) is 0 Å². The molecule has 0 aromatic carbocycles. The van der Waals surface area contributed by atoms with Crippen LogP contribution in [0.15, 0.2) is 0 Å². The Hall–Kier alpha value is 0.220. The molecule has 6 heteroatoms. The fourth-order valence-electron chi connectivity index (χ4n) is 1.86. The van der Waals surface area contributed by atoms with Gasteiger partial charge in [-0.3, -0.25) is 8.42 Å². The highest BCUT2D eigenvalue weighted by Crippen LogP contribution is 2.23. The zero-order valence-corrected chi connectivity index (χ0v) is 9.48. The standard InChI is InChI=1S/C8H16O4S2/c9-13(10)7-5-3-1-2-4-6-8(7)14(11)12/h7-8H,1-6H2,(H,9,10)(H,11,12)/p-2/t7-,8+. The van der Waals surface area contributed by atoms with Gasteiger partial charge in [-0.05, 0) is 12.8 Å². The van der Waals surface area contributed by atoms with Crippen LogP contribution in [-0.4, -0.2) is 28.0 Å². The Morgan fingerprint density at radius 3 is 1.43 bits per heavy atom. The number of rotatable bonds is 2. The topological polar surface area (TPSA) is 80.3 Å². The van der Waals surface area contributed by atoms with Crippen LogP contribution in [0.1, 0.15) is 38.5 Å². The van der Waals surface area contributed by atoms with E-state index in [2.05, 4.69) is 0 Å². The number of hydrogen-bond acceptors (Lipinski definition) is 4. The van der Waals surface area contributed by atoms with E-state index in [0.29, 0.717) is 12.8 Å². The van der Waals surface area contributed by atoms with Gasteiger partial charge in [0, 0.05) is 10.5 Å². The molecule has 0 spiro atoms. The van der Waals surface area contributed by atoms with Crippen LogP contribution in [-0.2, 0) is 22.2 Å². The summed E-state index contributed by atoms with van der Waals surface area (Å²) in [5, 5.41) is -1.40. The largest absolute Gasteiger partial charge is 0.772 e. The van der Waals surface area contributed by atoms with Crippen LogP contribution in [0.25, 0.3) is 0 Å². The van der Waals surface area contributed by atoms with Gasteiger partial charge in [-0.25, -0.2) is 0 Å². The van der Waals surface area contributed by atoms with Crippen molar-refractivity contribution in [2.45, 2.75) is 49.0 Å². The van der Waals surface area contributed by atoms with Gasteiger partial charge >= 0.3 is 0 Å². The highest BCUT2D eigenvalue weighted by Gasteiger charge is 2.24. The zero-order valence-electron chi connectivity index (χ0n) is 7.85. The Bertz CT molecular complexity index is 207. The number of hydrogen-bond donors (Lipinski definition) is 0. The van der Waals surface area contributed by atoms with E-state index in [1.165, 1.54) is 0 Å². The summed E-state index contributed by atoms with van der Waals surface area (Å²) in [6, 6.07) is 0. The predicted molar refractivity (Wildman–Crippen MR) is 53.1 cm³/mol. The summed E-state index contributed by atoms with van der Waals surface area (Å²) in [5.74, 6) is 0. The minimum atomic E-state index is -2.26. The molecule has 1 saturated carbocycles. The van der Waals surface area contributed by atoms with Crippen molar-refractivity contribution >= 4 is 22.2 Å². The SMILES string of the molecule is O=S([O-])[C@@H]1CCCCCC[C@@H]1S(=O)[O-]. The second-order valence-corrected chi connectivity index (χ2v) is 5.84. The lowest BCUT2D eigenvalue weighted by molar-refractivity contribution is 0.447. The smallest absolute Gasteiger partial charge is 0.0348 e. The van der Waals surface area contributed by atoms with E-state index in [-0.39, 0.29) is 0 Å². The molecular formula is C8H14O4S2-2. The molecule has 0 amide bonds. The van der Waals surface area contributed by atoms with Gasteiger partial charge in [-0.15, -0.1) is 0 Å². The molecule has 1 aliphatic carbocycles. The van der Waals surface area contributed by atoms with Crippen LogP contribution in [0.4, 0.5) is 0 Å². The third kappa shape index (κ3) is 3.42. The molecule has 0 N–H and O–H groups in total. The van der Waals surface area contributed by atoms with Crippen LogP contribution in [0, 0.1) is 0 Å². The van der Waals surface area contributed by atoms with Crippen molar-refractivity contribution in [3.63, 3.8) is 0 Å². The predicted octanol–water partition coefficient (Wildman–Crippen LogP) is 0.836. The fraction of sp³-hybridized carbons (Fsp3) is 1.00. The summed E-state index contributed by atoms with van der Waals surface area (Å²) in [7, 11) is 0. The van der Waals surface area contributed by atoms with Gasteiger partial charge in [0.05, 0.1) is 0 Å². The molecule has 0 saturated heterocycles. The van der Waals surface area contributed by atoms with Crippen molar-refractivity contribution < 1.29 is 17.5 Å². The quantitative estimate of drug-likeness (QED) is 0.667. The van der Waals surface area contributed by atoms with Crippen LogP contribution in [0.5, 0.6) is 0 Å². The van der Waals surface area contributed by atoms with Gasteiger partial charge in [0.25, 0.3) is 0 Å². The van der Waals surface area contributed by atoms with Gasteiger partial charge in [0.2, 0.25) is 0 Å². The Morgan fingerprint density at radius 1 is 0.786 bits per heavy atom. The molecule has 1 rings (SSSR count). The van der Waals surface area contributed by atoms with Crippen molar-refractivity contribution in [2.24, 2.45) is 0 Å². The molecule has 2 unspecified atom stereocenters. The Labute approximate surface area is 89.0 Å². The minimum Gasteiger partial charge on any atom is -0.772 e. The molecule has 0 aliphatic heterocycles. The summed E-state index contributed by atoms with van der Waals surface area (Å²) in [4.78, 5) is 0. The zero-order chi connectivity index (χ0) is 10.6. The average Bonchev–Trinajstić information content (AvgIpc) is 2.01. The summed E-state index contributed by atoms with van der Waals surface area (Å²) in [5.41, 5.74) is 0. The molecule has 0 heterocycles. The van der Waals surface area contributed by atoms with Crippen LogP contribution in [0.3, 0.4) is 0 Å². The van der Waals surface area contributed by atoms with Crippen LogP contribution in [0.2, 0.25) is 0 Å². The van der Waals surface area contributed by atoms with Gasteiger partial charge in [-0.2, -0.15) is 0 Å². The lowest BCUT2D eigenvalue weighted by atomic mass is 10.0. The molecule has 0 aromatic rings. The Balaban J connectivity index is 2.70. The lowest BCUT2D eigenvalue weighted by Gasteiger charge is -2.32. The molecule has 14 heavy (non-hydrogen) atoms. The molecule has 0 bridgehead atoms. The van der Waals surface area contributed by atoms with Crippen molar-refractivity contribution in [1.82, 2.24) is 0 Å². The minimum absolute atomic E-state index is 0.481. The second kappa shape index (κ2) is 5.95. The van der Waals surface area contributed by atoms with E-state index in [0.717, 1.165) is 25.7 Å². The molecule has 4 atom stereocenters. The normalized spacial score (nSPS) is 34.1. The Kier molecular flexibility index (Phi) is 5.22. The van der Waals surface area contributed by atoms with E-state index in [9.17, 15) is 17.5 Å². The van der Waals surface area contributed by atoms with Gasteiger partial charge in [0.1, 0.15) is 0 Å². The third-order valence-corrected chi connectivity index (χ3v) is 4.93. The summed E-state index contributed by atoms with van der Waals surface area (Å²) in [6.07, 6.45) is 4.60. The van der Waals surface area contributed by atoms with Crippen LogP contribution < -0.4 is 0 Å². The summed E-state index contributed by atoms with van der Waals surface area (Å²) in [6.45, 7) is 0. The van der Waals surface area contributed by atoms with E-state index >= 15 is 0 Å². The van der Waals surface area contributed by atoms with Gasteiger partial charge in [-0.1, -0.05) is 47.8 Å². The van der Waals surface area contributed by atoms with Gasteiger partial charge in [0.15, 0.2) is 0 Å². The first-order valence-corrected chi connectivity index (χ1v) is 7.06. The first-order chi connectivity index (χ1) is 6.63. The van der Waals surface area contributed by atoms with Gasteiger partial charge < -0.3 is 9.11 Å². The fourth-order valence-corrected chi connectivity index (χ4v) is 3.89. The highest BCUT2D eigenvalue weighted by atomic mass is 32.2. The maximum Gasteiger partial charge on any atom is 0.0348 e. The summed E-state index contributed by atoms with van der Waals surface area (Å²) >= 11 is -4.53. The van der Waals surface area contributed by atoms with E-state index in [1.807, 2.05) is 0 Å². The first kappa shape index (κ1) is 12.3. The maximum atomic E-state index is 10.9. The monoisotopic (exact) mass is 238 g/mol. The molecular weight excluding hydrogens is 224 g/mol. The van der Waals surface area contributed by atoms with E-state index in [1.54, 1.807) is 0 Å². The Morgan fingerprint density at radius 2 is 1.14 bits per heavy atom. The maximum absolute atomic E-state index is 10.9. The molecule has 4 nitrogen and oxygen atoms in total. The molecule has 1 fully saturated rings. The third-order valence-electron chi connectivity index (χ3n) is 2.64. The van der Waals surface area contributed by atoms with Crippen molar-refractivity contribution in [3.8, 4) is 0 Å². The van der Waals surface area contributed by atoms with E-state index < -0.39 is 32.7 Å². The highest BCUT2D eigenvalue weighted by molar-refractivity contribution is 7.84. The molecule has 0 aromatic heterocycles. The summed E-state index contributed by atoms with van der Waals surface area (Å²) < 4.78 is 43.4. The second-order valence-electron chi connectivity index (χ2n) is 3.59. The average molecular weight is 238 g/mol.